The topological polar surface area (TPSA) is 50.4 Å². The smallest absolute Gasteiger partial charge is 0.413 e. The van der Waals surface area contributed by atoms with Crippen LogP contribution in [-0.2, 0) is 4.74 Å². The number of hydrogen-bond donors (Lipinski definition) is 2. The lowest BCUT2D eigenvalue weighted by atomic mass is 9.84. The van der Waals surface area contributed by atoms with Crippen LogP contribution >= 0.6 is 12.2 Å². The monoisotopic (exact) mass is 308 g/mol. The van der Waals surface area contributed by atoms with Gasteiger partial charge in [0.15, 0.2) is 5.11 Å². The SMILES string of the molecule is C[C@H]1C[C@@H](NC(=S)NC(=O)OC(C)(C)C)CCC1(F)F. The molecule has 0 spiro atoms. The van der Waals surface area contributed by atoms with Crippen LogP contribution in [0.15, 0.2) is 0 Å². The summed E-state index contributed by atoms with van der Waals surface area (Å²) in [6.07, 6.45) is -0.165. The fraction of sp³-hybridized carbons (Fsp3) is 0.846. The molecular weight excluding hydrogens is 286 g/mol. The molecule has 4 nitrogen and oxygen atoms in total. The number of ether oxygens (including phenoxy) is 1. The van der Waals surface area contributed by atoms with Crippen molar-refractivity contribution in [3.05, 3.63) is 0 Å². The third-order valence-corrected chi connectivity index (χ3v) is 3.35. The molecule has 1 rings (SSSR count). The quantitative estimate of drug-likeness (QED) is 0.730. The van der Waals surface area contributed by atoms with Gasteiger partial charge < -0.3 is 10.1 Å². The molecule has 1 aliphatic carbocycles. The highest BCUT2D eigenvalue weighted by Gasteiger charge is 2.41. The summed E-state index contributed by atoms with van der Waals surface area (Å²) in [5, 5.41) is 5.39. The maximum Gasteiger partial charge on any atom is 0.413 e. The van der Waals surface area contributed by atoms with E-state index in [1.807, 2.05) is 0 Å². The largest absolute Gasteiger partial charge is 0.444 e. The van der Waals surface area contributed by atoms with Crippen LogP contribution in [0.1, 0.15) is 47.0 Å². The summed E-state index contributed by atoms with van der Waals surface area (Å²) in [7, 11) is 0. The standard InChI is InChI=1S/C13H22F2N2O2S/c1-8-7-9(5-6-13(8,14)15)16-10(20)17-11(18)19-12(2,3)4/h8-9H,5-7H2,1-4H3,(H2,16,17,18,20)/t8-,9-/m0/s1. The minimum absolute atomic E-state index is 0.113. The summed E-state index contributed by atoms with van der Waals surface area (Å²) in [6.45, 7) is 6.76. The molecule has 0 saturated heterocycles. The molecule has 0 aliphatic heterocycles. The molecule has 2 atom stereocenters. The van der Waals surface area contributed by atoms with Crippen molar-refractivity contribution < 1.29 is 18.3 Å². The normalized spacial score (nSPS) is 25.7. The number of carbonyl (C=O) groups excluding carboxylic acids is 1. The molecule has 1 aliphatic rings. The van der Waals surface area contributed by atoms with Gasteiger partial charge >= 0.3 is 6.09 Å². The Balaban J connectivity index is 2.39. The molecule has 2 N–H and O–H groups in total. The summed E-state index contributed by atoms with van der Waals surface area (Å²) >= 11 is 4.99. The van der Waals surface area contributed by atoms with Crippen molar-refractivity contribution in [2.24, 2.45) is 5.92 Å². The van der Waals surface area contributed by atoms with Crippen LogP contribution in [0.4, 0.5) is 13.6 Å². The highest BCUT2D eigenvalue weighted by Crippen LogP contribution is 2.37. The zero-order valence-electron chi connectivity index (χ0n) is 12.3. The Labute approximate surface area is 123 Å². The first kappa shape index (κ1) is 17.1. The number of alkyl carbamates (subject to hydrolysis) is 1. The molecule has 116 valence electrons. The average Bonchev–Trinajstić information content (AvgIpc) is 2.20. The van der Waals surface area contributed by atoms with E-state index in [0.717, 1.165) is 0 Å². The van der Waals surface area contributed by atoms with Gasteiger partial charge in [-0.15, -0.1) is 0 Å². The first-order valence-corrected chi connectivity index (χ1v) is 7.09. The van der Waals surface area contributed by atoms with E-state index in [1.54, 1.807) is 20.8 Å². The fourth-order valence-electron chi connectivity index (χ4n) is 2.08. The Morgan fingerprint density at radius 3 is 2.50 bits per heavy atom. The fourth-order valence-corrected chi connectivity index (χ4v) is 2.33. The Kier molecular flexibility index (Phi) is 5.29. The summed E-state index contributed by atoms with van der Waals surface area (Å²) in [4.78, 5) is 11.5. The van der Waals surface area contributed by atoms with Gasteiger partial charge in [-0.25, -0.2) is 13.6 Å². The van der Waals surface area contributed by atoms with Gasteiger partial charge in [0.2, 0.25) is 0 Å². The molecule has 0 bridgehead atoms. The molecule has 1 fully saturated rings. The third kappa shape index (κ3) is 5.56. The van der Waals surface area contributed by atoms with Gasteiger partial charge in [-0.1, -0.05) is 6.92 Å². The van der Waals surface area contributed by atoms with Crippen LogP contribution in [-0.4, -0.2) is 28.8 Å². The Hall–Kier alpha value is -0.980. The van der Waals surface area contributed by atoms with Gasteiger partial charge in [0.25, 0.3) is 5.92 Å². The van der Waals surface area contributed by atoms with E-state index in [-0.39, 0.29) is 17.6 Å². The van der Waals surface area contributed by atoms with Crippen molar-refractivity contribution in [3.63, 3.8) is 0 Å². The van der Waals surface area contributed by atoms with E-state index >= 15 is 0 Å². The van der Waals surface area contributed by atoms with E-state index in [4.69, 9.17) is 17.0 Å². The van der Waals surface area contributed by atoms with Crippen LogP contribution in [0.3, 0.4) is 0 Å². The molecule has 0 radical (unpaired) electrons. The minimum atomic E-state index is -2.61. The highest BCUT2D eigenvalue weighted by atomic mass is 32.1. The van der Waals surface area contributed by atoms with E-state index in [2.05, 4.69) is 10.6 Å². The van der Waals surface area contributed by atoms with Crippen LogP contribution in [0.25, 0.3) is 0 Å². The van der Waals surface area contributed by atoms with Crippen molar-refractivity contribution in [1.29, 1.82) is 0 Å². The molecule has 0 unspecified atom stereocenters. The van der Waals surface area contributed by atoms with Gasteiger partial charge in [-0.3, -0.25) is 5.32 Å². The van der Waals surface area contributed by atoms with Crippen LogP contribution < -0.4 is 10.6 Å². The molecule has 0 heterocycles. The number of amides is 1. The first-order chi connectivity index (χ1) is 8.99. The van der Waals surface area contributed by atoms with Crippen molar-refractivity contribution in [1.82, 2.24) is 10.6 Å². The van der Waals surface area contributed by atoms with Crippen LogP contribution in [0.5, 0.6) is 0 Å². The van der Waals surface area contributed by atoms with E-state index < -0.39 is 23.5 Å². The minimum Gasteiger partial charge on any atom is -0.444 e. The van der Waals surface area contributed by atoms with E-state index in [9.17, 15) is 13.6 Å². The molecular formula is C13H22F2N2O2S. The number of rotatable bonds is 1. The van der Waals surface area contributed by atoms with Crippen molar-refractivity contribution in [2.75, 3.05) is 0 Å². The lowest BCUT2D eigenvalue weighted by Crippen LogP contribution is -2.49. The maximum absolute atomic E-state index is 13.4. The summed E-state index contributed by atoms with van der Waals surface area (Å²) in [6, 6.07) is -0.146. The zero-order valence-corrected chi connectivity index (χ0v) is 13.1. The van der Waals surface area contributed by atoms with Gasteiger partial charge in [0.05, 0.1) is 0 Å². The second-order valence-electron chi connectivity index (χ2n) is 6.23. The Morgan fingerprint density at radius 2 is 2.00 bits per heavy atom. The summed E-state index contributed by atoms with van der Waals surface area (Å²) < 4.78 is 31.8. The summed E-state index contributed by atoms with van der Waals surface area (Å²) in [5.74, 6) is -3.31. The van der Waals surface area contributed by atoms with Gasteiger partial charge in [-0.05, 0) is 45.8 Å². The Bertz CT molecular complexity index is 383. The number of nitrogens with one attached hydrogen (secondary N) is 2. The number of alkyl halides is 2. The van der Waals surface area contributed by atoms with Crippen LogP contribution in [0.2, 0.25) is 0 Å². The van der Waals surface area contributed by atoms with Crippen molar-refractivity contribution in [2.45, 2.75) is 64.5 Å². The lowest BCUT2D eigenvalue weighted by Gasteiger charge is -2.34. The van der Waals surface area contributed by atoms with Crippen LogP contribution in [0, 0.1) is 5.92 Å². The van der Waals surface area contributed by atoms with E-state index in [1.165, 1.54) is 6.92 Å². The summed E-state index contributed by atoms with van der Waals surface area (Å²) in [5.41, 5.74) is -0.610. The number of halogens is 2. The molecule has 1 amide bonds. The highest BCUT2D eigenvalue weighted by molar-refractivity contribution is 7.80. The zero-order chi connectivity index (χ0) is 15.6. The predicted molar refractivity (Wildman–Crippen MR) is 76.9 cm³/mol. The van der Waals surface area contributed by atoms with Gasteiger partial charge in [-0.2, -0.15) is 0 Å². The second-order valence-corrected chi connectivity index (χ2v) is 6.64. The molecule has 7 heteroatoms. The Morgan fingerprint density at radius 1 is 1.40 bits per heavy atom. The van der Waals surface area contributed by atoms with Gasteiger partial charge in [0.1, 0.15) is 5.60 Å². The third-order valence-electron chi connectivity index (χ3n) is 3.13. The predicted octanol–water partition coefficient (Wildman–Crippen LogP) is 3.21. The molecule has 1 saturated carbocycles. The lowest BCUT2D eigenvalue weighted by molar-refractivity contribution is -0.0837. The molecule has 20 heavy (non-hydrogen) atoms. The molecule has 0 aromatic heterocycles. The molecule has 0 aromatic carbocycles. The number of hydrogen-bond acceptors (Lipinski definition) is 3. The first-order valence-electron chi connectivity index (χ1n) is 6.68. The second kappa shape index (κ2) is 6.20. The number of thiocarbonyl (C=S) groups is 1. The van der Waals surface area contributed by atoms with Crippen molar-refractivity contribution in [3.8, 4) is 0 Å². The van der Waals surface area contributed by atoms with Crippen molar-refractivity contribution >= 4 is 23.4 Å². The van der Waals surface area contributed by atoms with Gasteiger partial charge in [0, 0.05) is 18.4 Å². The van der Waals surface area contributed by atoms with E-state index in [0.29, 0.717) is 12.8 Å². The molecule has 0 aromatic rings. The number of carbonyl (C=O) groups is 1. The average molecular weight is 308 g/mol. The maximum atomic E-state index is 13.4.